The highest BCUT2D eigenvalue weighted by atomic mass is 15.2. The van der Waals surface area contributed by atoms with Crippen LogP contribution < -0.4 is 0 Å². The molecule has 0 aromatic heterocycles. The van der Waals surface area contributed by atoms with Gasteiger partial charge in [-0.15, -0.1) is 0 Å². The summed E-state index contributed by atoms with van der Waals surface area (Å²) in [6.45, 7) is 8.90. The molecule has 0 aromatic carbocycles. The molecule has 2 aliphatic rings. The summed E-state index contributed by atoms with van der Waals surface area (Å²) in [6, 6.07) is 0. The first kappa shape index (κ1) is 9.47. The molecule has 2 saturated heterocycles. The second kappa shape index (κ2) is 3.58. The van der Waals surface area contributed by atoms with Crippen molar-refractivity contribution >= 4 is 0 Å². The predicted molar refractivity (Wildman–Crippen MR) is 55.9 cm³/mol. The fraction of sp³-hybridized carbons (Fsp3) is 1.00. The molecule has 0 bridgehead atoms. The van der Waals surface area contributed by atoms with Crippen LogP contribution in [0.5, 0.6) is 0 Å². The Bertz CT molecular complexity index is 167. The van der Waals surface area contributed by atoms with Gasteiger partial charge in [-0.05, 0) is 51.4 Å². The van der Waals surface area contributed by atoms with Gasteiger partial charge in [-0.3, -0.25) is 0 Å². The Labute approximate surface area is 81.9 Å². The minimum atomic E-state index is 0.723. The largest absolute Gasteiger partial charge is 0.306 e. The Morgan fingerprint density at radius 3 is 2.62 bits per heavy atom. The molecule has 0 N–H and O–H groups in total. The van der Waals surface area contributed by atoms with Gasteiger partial charge in [-0.2, -0.15) is 0 Å². The Balaban J connectivity index is 1.87. The van der Waals surface area contributed by atoms with Crippen molar-refractivity contribution in [2.75, 3.05) is 39.8 Å². The molecule has 76 valence electrons. The zero-order chi connectivity index (χ0) is 9.31. The molecule has 2 heteroatoms. The molecular weight excluding hydrogens is 160 g/mol. The van der Waals surface area contributed by atoms with Gasteiger partial charge in [-0.1, -0.05) is 6.92 Å². The van der Waals surface area contributed by atoms with Crippen LogP contribution >= 0.6 is 0 Å². The lowest BCUT2D eigenvalue weighted by molar-refractivity contribution is -0.00651. The van der Waals surface area contributed by atoms with Crippen LogP contribution in [0, 0.1) is 5.41 Å². The summed E-state index contributed by atoms with van der Waals surface area (Å²) in [4.78, 5) is 5.06. The molecule has 13 heavy (non-hydrogen) atoms. The predicted octanol–water partition coefficient (Wildman–Crippen LogP) is 1.42. The quantitative estimate of drug-likeness (QED) is 0.605. The van der Waals surface area contributed by atoms with Gasteiger partial charge in [0.1, 0.15) is 0 Å². The Kier molecular flexibility index (Phi) is 2.61. The second-order valence-corrected chi connectivity index (χ2v) is 4.96. The number of rotatable bonds is 1. The molecule has 0 atom stereocenters. The van der Waals surface area contributed by atoms with Crippen LogP contribution in [0.15, 0.2) is 0 Å². The van der Waals surface area contributed by atoms with Crippen molar-refractivity contribution in [3.63, 3.8) is 0 Å². The summed E-state index contributed by atoms with van der Waals surface area (Å²) < 4.78 is 0. The summed E-state index contributed by atoms with van der Waals surface area (Å²) in [5.41, 5.74) is 0.723. The van der Waals surface area contributed by atoms with Crippen LogP contribution in [0.1, 0.15) is 26.2 Å². The average Bonchev–Trinajstić information content (AvgIpc) is 2.24. The summed E-state index contributed by atoms with van der Waals surface area (Å²) in [5, 5.41) is 0. The maximum Gasteiger partial charge on any atom is 0.00508 e. The van der Waals surface area contributed by atoms with Gasteiger partial charge in [0.15, 0.2) is 0 Å². The van der Waals surface area contributed by atoms with Gasteiger partial charge < -0.3 is 9.80 Å². The van der Waals surface area contributed by atoms with Crippen molar-refractivity contribution in [2.45, 2.75) is 26.2 Å². The van der Waals surface area contributed by atoms with E-state index in [2.05, 4.69) is 23.8 Å². The molecule has 2 aliphatic heterocycles. The minimum Gasteiger partial charge on any atom is -0.306 e. The molecular formula is C11H22N2. The second-order valence-electron chi connectivity index (χ2n) is 4.96. The lowest BCUT2D eigenvalue weighted by Gasteiger charge is -2.50. The van der Waals surface area contributed by atoms with Crippen molar-refractivity contribution in [1.82, 2.24) is 9.80 Å². The molecule has 0 amide bonds. The maximum atomic E-state index is 2.57. The highest BCUT2D eigenvalue weighted by Gasteiger charge is 2.41. The Morgan fingerprint density at radius 1 is 1.15 bits per heavy atom. The first-order chi connectivity index (χ1) is 6.24. The van der Waals surface area contributed by atoms with E-state index in [9.17, 15) is 0 Å². The van der Waals surface area contributed by atoms with E-state index in [1.165, 1.54) is 52.0 Å². The molecule has 2 nitrogen and oxygen atoms in total. The van der Waals surface area contributed by atoms with Crippen LogP contribution in [-0.2, 0) is 0 Å². The molecule has 2 fully saturated rings. The first-order valence-corrected chi connectivity index (χ1v) is 5.65. The average molecular weight is 182 g/mol. The summed E-state index contributed by atoms with van der Waals surface area (Å²) in [6.07, 6.45) is 4.31. The van der Waals surface area contributed by atoms with Gasteiger partial charge in [0.2, 0.25) is 0 Å². The smallest absolute Gasteiger partial charge is 0.00508 e. The lowest BCUT2D eigenvalue weighted by Crippen LogP contribution is -2.56. The summed E-state index contributed by atoms with van der Waals surface area (Å²) in [7, 11) is 2.26. The van der Waals surface area contributed by atoms with Gasteiger partial charge in [0.05, 0.1) is 0 Å². The van der Waals surface area contributed by atoms with Gasteiger partial charge in [0, 0.05) is 13.1 Å². The van der Waals surface area contributed by atoms with Gasteiger partial charge in [0.25, 0.3) is 0 Å². The van der Waals surface area contributed by atoms with E-state index < -0.39 is 0 Å². The lowest BCUT2D eigenvalue weighted by atomic mass is 9.74. The summed E-state index contributed by atoms with van der Waals surface area (Å²) in [5.74, 6) is 0. The van der Waals surface area contributed by atoms with E-state index in [-0.39, 0.29) is 0 Å². The Hall–Kier alpha value is -0.0800. The topological polar surface area (TPSA) is 6.48 Å². The Morgan fingerprint density at radius 2 is 1.92 bits per heavy atom. The molecule has 0 unspecified atom stereocenters. The molecule has 2 rings (SSSR count). The van der Waals surface area contributed by atoms with E-state index in [1.807, 2.05) is 0 Å². The SMILES string of the molecule is CCN1CC2(CCCN(C)CC2)C1. The molecule has 0 aromatic rings. The number of hydrogen-bond donors (Lipinski definition) is 0. The molecule has 0 saturated carbocycles. The summed E-state index contributed by atoms with van der Waals surface area (Å²) >= 11 is 0. The van der Waals surface area contributed by atoms with Crippen LogP contribution in [0.4, 0.5) is 0 Å². The highest BCUT2D eigenvalue weighted by Crippen LogP contribution is 2.39. The van der Waals surface area contributed by atoms with Crippen LogP contribution in [0.2, 0.25) is 0 Å². The van der Waals surface area contributed by atoms with Crippen molar-refractivity contribution < 1.29 is 0 Å². The van der Waals surface area contributed by atoms with Crippen molar-refractivity contribution in [2.24, 2.45) is 5.41 Å². The van der Waals surface area contributed by atoms with E-state index >= 15 is 0 Å². The third kappa shape index (κ3) is 1.89. The zero-order valence-corrected chi connectivity index (χ0v) is 9.05. The number of nitrogens with zero attached hydrogens (tertiary/aromatic N) is 2. The number of hydrogen-bond acceptors (Lipinski definition) is 2. The molecule has 0 radical (unpaired) electrons. The third-order valence-corrected chi connectivity index (χ3v) is 3.84. The van der Waals surface area contributed by atoms with E-state index in [4.69, 9.17) is 0 Å². The first-order valence-electron chi connectivity index (χ1n) is 5.65. The molecule has 1 spiro atoms. The van der Waals surface area contributed by atoms with E-state index in [0.29, 0.717) is 0 Å². The van der Waals surface area contributed by atoms with E-state index in [0.717, 1.165) is 5.41 Å². The van der Waals surface area contributed by atoms with Crippen molar-refractivity contribution in [1.29, 1.82) is 0 Å². The maximum absolute atomic E-state index is 2.57. The standard InChI is InChI=1S/C11H22N2/c1-3-13-9-11(10-13)5-4-7-12(2)8-6-11/h3-10H2,1-2H3. The van der Waals surface area contributed by atoms with Crippen molar-refractivity contribution in [3.8, 4) is 0 Å². The van der Waals surface area contributed by atoms with Crippen LogP contribution in [0.25, 0.3) is 0 Å². The molecule has 2 heterocycles. The van der Waals surface area contributed by atoms with Crippen LogP contribution in [-0.4, -0.2) is 49.6 Å². The van der Waals surface area contributed by atoms with Gasteiger partial charge >= 0.3 is 0 Å². The molecule has 0 aliphatic carbocycles. The fourth-order valence-electron chi connectivity index (χ4n) is 2.83. The van der Waals surface area contributed by atoms with Crippen molar-refractivity contribution in [3.05, 3.63) is 0 Å². The highest BCUT2D eigenvalue weighted by molar-refractivity contribution is 4.95. The van der Waals surface area contributed by atoms with E-state index in [1.54, 1.807) is 0 Å². The van der Waals surface area contributed by atoms with Crippen LogP contribution in [0.3, 0.4) is 0 Å². The van der Waals surface area contributed by atoms with Gasteiger partial charge in [-0.25, -0.2) is 0 Å². The fourth-order valence-corrected chi connectivity index (χ4v) is 2.83. The third-order valence-electron chi connectivity index (χ3n) is 3.84. The monoisotopic (exact) mass is 182 g/mol. The normalized spacial score (nSPS) is 30.0. The minimum absolute atomic E-state index is 0.723. The zero-order valence-electron chi connectivity index (χ0n) is 9.05. The number of likely N-dealkylation sites (tertiary alicyclic amines) is 2.